The standard InChI is InChI=1S/C86H124N8O7/c1-9-16-23-29-35-42-49-96-73-57-66-67(58-74(73)97-50-43-36-30-24-17-10-2)83-90-81(66)88-79-64-55-63(48-41-22-15-7)72(95-8)56-65(64)80(87-79)89-82-68-59-75(98-51-44-37-31-25-18-11-3)76(99-52-45-38-32-26-19-12-4)60-69(68)84(91-82)93-86-71-62-78(101-54-47-40-34-28-21-14-6)77(61-70(71)85(92-83)94-86)100-53-46-39-33-27-20-13-5/h15,55-62H,7,9-14,16-54H2,1-6,8H3,(H2,87,88,89,90,91,92,93,94). The molecule has 4 aromatic carbocycles. The van der Waals surface area contributed by atoms with E-state index in [1.54, 1.807) is 7.11 Å². The lowest BCUT2D eigenvalue weighted by atomic mass is 10.0. The van der Waals surface area contributed by atoms with Crippen molar-refractivity contribution in [3.8, 4) is 85.8 Å². The molecular formula is C86H124N8O7. The van der Waals surface area contributed by atoms with Crippen molar-refractivity contribution in [3.63, 3.8) is 0 Å². The first-order valence-electron chi connectivity index (χ1n) is 40.3. The number of methoxy groups -OCH3 is 1. The van der Waals surface area contributed by atoms with E-state index in [0.29, 0.717) is 120 Å². The van der Waals surface area contributed by atoms with E-state index < -0.39 is 0 Å². The second-order valence-corrected chi connectivity index (χ2v) is 28.2. The highest BCUT2D eigenvalue weighted by Crippen LogP contribution is 2.46. The van der Waals surface area contributed by atoms with Gasteiger partial charge in [-0.05, 0) is 112 Å². The van der Waals surface area contributed by atoms with Crippen LogP contribution in [0.25, 0.3) is 89.7 Å². The largest absolute Gasteiger partial charge is 0.496 e. The van der Waals surface area contributed by atoms with E-state index in [1.807, 2.05) is 6.08 Å². The number of aromatic nitrogens is 8. The summed E-state index contributed by atoms with van der Waals surface area (Å²) in [7, 11) is 1.74. The van der Waals surface area contributed by atoms with Crippen molar-refractivity contribution in [2.45, 2.75) is 292 Å². The Morgan fingerprint density at radius 1 is 0.287 bits per heavy atom. The molecule has 0 unspecified atom stereocenters. The monoisotopic (exact) mass is 1380 g/mol. The number of nitrogens with zero attached hydrogens (tertiary/aromatic N) is 6. The number of benzene rings is 4. The average Bonchev–Trinajstić information content (AvgIpc) is 1.60. The third-order valence-electron chi connectivity index (χ3n) is 19.8. The molecule has 2 aliphatic heterocycles. The van der Waals surface area contributed by atoms with Crippen molar-refractivity contribution in [1.29, 1.82) is 0 Å². The Morgan fingerprint density at radius 2 is 0.525 bits per heavy atom. The zero-order valence-electron chi connectivity index (χ0n) is 63.3. The SMILES string of the molecule is C=CCCCc1cc2c3nc4nc(nc5[nH]c(nc6nc(nc([nH]3)c2cc1OC)-c1cc(OCCCCCCCC)c(OCCCCCCCC)cc1-6)c1cc(OCCCCCCCC)c(OCCCCCCCC)cc51)-c1cc(OCCCCCCCC)c(OCCCCCCCC)cc1-4. The Balaban J connectivity index is 1.30. The summed E-state index contributed by atoms with van der Waals surface area (Å²) in [5.41, 5.74) is 6.43. The molecule has 0 aliphatic carbocycles. The average molecular weight is 1380 g/mol. The van der Waals surface area contributed by atoms with Crippen molar-refractivity contribution in [2.75, 3.05) is 46.8 Å². The van der Waals surface area contributed by atoms with Crippen molar-refractivity contribution in [2.24, 2.45) is 0 Å². The van der Waals surface area contributed by atoms with Crippen LogP contribution in [0.15, 0.2) is 61.2 Å². The van der Waals surface area contributed by atoms with Crippen LogP contribution in [0.5, 0.6) is 40.2 Å². The number of ether oxygens (including phenoxy) is 7. The van der Waals surface area contributed by atoms with Crippen molar-refractivity contribution < 1.29 is 33.2 Å². The van der Waals surface area contributed by atoms with Crippen LogP contribution >= 0.6 is 0 Å². The number of hydrogen-bond acceptors (Lipinski definition) is 13. The third kappa shape index (κ3) is 23.0. The summed E-state index contributed by atoms with van der Waals surface area (Å²) in [5.74, 6) is 6.66. The molecule has 0 atom stereocenters. The van der Waals surface area contributed by atoms with E-state index in [2.05, 4.69) is 107 Å². The Labute approximate surface area is 605 Å². The molecule has 0 spiro atoms. The molecule has 550 valence electrons. The number of nitrogens with one attached hydrogen (secondary N) is 2. The van der Waals surface area contributed by atoms with Crippen LogP contribution in [-0.4, -0.2) is 86.6 Å². The first-order valence-corrected chi connectivity index (χ1v) is 40.3. The van der Waals surface area contributed by atoms with Crippen LogP contribution in [0, 0.1) is 0 Å². The normalized spacial score (nSPS) is 11.8. The summed E-state index contributed by atoms with van der Waals surface area (Å²) in [6, 6.07) is 16.8. The molecule has 9 rings (SSSR count). The van der Waals surface area contributed by atoms with E-state index in [4.69, 9.17) is 63.1 Å². The molecule has 0 saturated carbocycles. The highest BCUT2D eigenvalue weighted by atomic mass is 16.5. The van der Waals surface area contributed by atoms with Crippen LogP contribution in [0.2, 0.25) is 0 Å². The van der Waals surface area contributed by atoms with Gasteiger partial charge in [0.15, 0.2) is 57.8 Å². The molecule has 3 aromatic heterocycles. The summed E-state index contributed by atoms with van der Waals surface area (Å²) in [4.78, 5) is 40.9. The molecule has 7 aromatic rings. The number of fused-ring (bicyclic) bond motifs is 20. The van der Waals surface area contributed by atoms with Gasteiger partial charge < -0.3 is 43.1 Å². The van der Waals surface area contributed by atoms with Gasteiger partial charge in [-0.1, -0.05) is 240 Å². The molecule has 5 heterocycles. The fourth-order valence-electron chi connectivity index (χ4n) is 13.8. The number of rotatable bonds is 53. The lowest BCUT2D eigenvalue weighted by molar-refractivity contribution is 0.258. The van der Waals surface area contributed by atoms with Crippen LogP contribution in [-0.2, 0) is 6.42 Å². The topological polar surface area (TPSA) is 174 Å². The molecule has 15 heteroatoms. The Kier molecular flexibility index (Phi) is 33.5. The van der Waals surface area contributed by atoms with Gasteiger partial charge in [-0.15, -0.1) is 6.58 Å². The minimum absolute atomic E-state index is 0.466. The fraction of sp³-hybridized carbons (Fsp3) is 0.605. The van der Waals surface area contributed by atoms with Gasteiger partial charge in [0, 0.05) is 43.8 Å². The zero-order chi connectivity index (χ0) is 70.6. The van der Waals surface area contributed by atoms with Crippen LogP contribution in [0.1, 0.15) is 291 Å². The van der Waals surface area contributed by atoms with Crippen LogP contribution in [0.4, 0.5) is 0 Å². The van der Waals surface area contributed by atoms with Crippen molar-refractivity contribution in [1.82, 2.24) is 39.9 Å². The summed E-state index contributed by atoms with van der Waals surface area (Å²) in [5, 5.41) is 3.29. The Bertz CT molecular complexity index is 3820. The lowest BCUT2D eigenvalue weighted by Crippen LogP contribution is -2.03. The zero-order valence-corrected chi connectivity index (χ0v) is 63.3. The molecule has 0 saturated heterocycles. The molecule has 0 fully saturated rings. The minimum atomic E-state index is 0.466. The summed E-state index contributed by atoms with van der Waals surface area (Å²) < 4.78 is 47.3. The first kappa shape index (κ1) is 77.7. The van der Waals surface area contributed by atoms with E-state index in [9.17, 15) is 0 Å². The third-order valence-corrected chi connectivity index (χ3v) is 19.8. The van der Waals surface area contributed by atoms with E-state index in [0.717, 1.165) is 151 Å². The molecule has 2 aliphatic rings. The number of hydrogen-bond donors (Lipinski definition) is 2. The van der Waals surface area contributed by atoms with Gasteiger partial charge in [-0.25, -0.2) is 29.9 Å². The molecule has 15 nitrogen and oxygen atoms in total. The van der Waals surface area contributed by atoms with E-state index >= 15 is 0 Å². The fourth-order valence-corrected chi connectivity index (χ4v) is 13.8. The summed E-state index contributed by atoms with van der Waals surface area (Å²) in [6.07, 6.45) is 46.0. The van der Waals surface area contributed by atoms with Crippen molar-refractivity contribution in [3.05, 3.63) is 66.7 Å². The predicted molar refractivity (Wildman–Crippen MR) is 419 cm³/mol. The maximum atomic E-state index is 6.86. The highest BCUT2D eigenvalue weighted by Gasteiger charge is 2.28. The van der Waals surface area contributed by atoms with Gasteiger partial charge in [0.25, 0.3) is 0 Å². The van der Waals surface area contributed by atoms with Gasteiger partial charge in [-0.2, -0.15) is 0 Å². The van der Waals surface area contributed by atoms with E-state index in [1.165, 1.54) is 154 Å². The summed E-state index contributed by atoms with van der Waals surface area (Å²) >= 11 is 0. The second kappa shape index (κ2) is 43.5. The molecule has 101 heavy (non-hydrogen) atoms. The highest BCUT2D eigenvalue weighted by molar-refractivity contribution is 6.08. The number of aryl methyl sites for hydroxylation is 1. The van der Waals surface area contributed by atoms with E-state index in [-0.39, 0.29) is 0 Å². The number of allylic oxidation sites excluding steroid dienone is 1. The molecular weight excluding hydrogens is 1260 g/mol. The Morgan fingerprint density at radius 3 is 0.782 bits per heavy atom. The molecule has 0 amide bonds. The van der Waals surface area contributed by atoms with Gasteiger partial charge in [0.2, 0.25) is 0 Å². The molecule has 0 radical (unpaired) electrons. The van der Waals surface area contributed by atoms with Crippen LogP contribution < -0.4 is 33.2 Å². The maximum absolute atomic E-state index is 6.86. The molecule has 2 N–H and O–H groups in total. The van der Waals surface area contributed by atoms with Gasteiger partial charge >= 0.3 is 0 Å². The summed E-state index contributed by atoms with van der Waals surface area (Å²) in [6.45, 7) is 21.0. The second-order valence-electron chi connectivity index (χ2n) is 28.2. The maximum Gasteiger partial charge on any atom is 0.164 e. The first-order chi connectivity index (χ1) is 49.8. The smallest absolute Gasteiger partial charge is 0.164 e. The van der Waals surface area contributed by atoms with Crippen molar-refractivity contribution >= 4 is 44.1 Å². The Hall–Kier alpha value is -7.42. The van der Waals surface area contributed by atoms with Gasteiger partial charge in [0.05, 0.1) is 46.8 Å². The quantitative estimate of drug-likeness (QED) is 0.0273. The molecule has 8 bridgehead atoms. The van der Waals surface area contributed by atoms with Crippen LogP contribution in [0.3, 0.4) is 0 Å². The number of H-pyrrole nitrogens is 2. The number of aromatic amines is 2. The van der Waals surface area contributed by atoms with Gasteiger partial charge in [0.1, 0.15) is 28.3 Å². The van der Waals surface area contributed by atoms with Gasteiger partial charge in [-0.3, -0.25) is 0 Å². The number of unbranched alkanes of at least 4 members (excludes halogenated alkanes) is 31. The lowest BCUT2D eigenvalue weighted by Gasteiger charge is -2.15. The minimum Gasteiger partial charge on any atom is -0.496 e. The predicted octanol–water partition coefficient (Wildman–Crippen LogP) is 24.8.